The lowest BCUT2D eigenvalue weighted by atomic mass is 10.3. The van der Waals surface area contributed by atoms with E-state index in [0.717, 1.165) is 11.8 Å². The molecular formula is C18H20FN5O3S2. The number of nitrogens with zero attached hydrogens (tertiary/aromatic N) is 4. The second-order valence-corrected chi connectivity index (χ2v) is 8.89. The van der Waals surface area contributed by atoms with Crippen LogP contribution in [0.25, 0.3) is 5.65 Å². The average Bonchev–Trinajstić information content (AvgIpc) is 3.09. The van der Waals surface area contributed by atoms with Crippen LogP contribution in [0.3, 0.4) is 0 Å². The lowest BCUT2D eigenvalue weighted by Crippen LogP contribution is -2.30. The number of carbonyl (C=O) groups excluding carboxylic acids is 1. The third-order valence-corrected chi connectivity index (χ3v) is 7.10. The second kappa shape index (κ2) is 8.89. The zero-order valence-corrected chi connectivity index (χ0v) is 17.5. The quantitative estimate of drug-likeness (QED) is 0.544. The maximum atomic E-state index is 13.2. The number of pyridine rings is 1. The topological polar surface area (TPSA) is 96.7 Å². The predicted octanol–water partition coefficient (Wildman–Crippen LogP) is 2.63. The molecule has 2 aromatic heterocycles. The number of benzene rings is 1. The maximum absolute atomic E-state index is 13.2. The number of aromatic nitrogens is 3. The van der Waals surface area contributed by atoms with Gasteiger partial charge in [0.1, 0.15) is 5.82 Å². The number of carbonyl (C=O) groups is 1. The summed E-state index contributed by atoms with van der Waals surface area (Å²) in [4.78, 5) is 12.3. The molecule has 0 unspecified atom stereocenters. The van der Waals surface area contributed by atoms with Crippen LogP contribution in [-0.4, -0.2) is 52.1 Å². The first-order valence-electron chi connectivity index (χ1n) is 8.88. The van der Waals surface area contributed by atoms with Crippen molar-refractivity contribution < 1.29 is 17.6 Å². The Balaban J connectivity index is 1.77. The second-order valence-electron chi connectivity index (χ2n) is 6.01. The van der Waals surface area contributed by atoms with Crippen LogP contribution in [0.2, 0.25) is 0 Å². The van der Waals surface area contributed by atoms with Crippen molar-refractivity contribution in [1.82, 2.24) is 18.9 Å². The monoisotopic (exact) mass is 437 g/mol. The van der Waals surface area contributed by atoms with Gasteiger partial charge in [-0.15, -0.1) is 10.2 Å². The fourth-order valence-electron chi connectivity index (χ4n) is 2.71. The summed E-state index contributed by atoms with van der Waals surface area (Å²) in [5, 5.41) is 11.0. The lowest BCUT2D eigenvalue weighted by molar-refractivity contribution is -0.113. The maximum Gasteiger partial charge on any atom is 0.244 e. The van der Waals surface area contributed by atoms with Gasteiger partial charge in [-0.2, -0.15) is 4.31 Å². The highest BCUT2D eigenvalue weighted by atomic mass is 32.2. The molecule has 0 spiro atoms. The van der Waals surface area contributed by atoms with Crippen molar-refractivity contribution in [2.45, 2.75) is 23.9 Å². The van der Waals surface area contributed by atoms with Crippen molar-refractivity contribution in [3.8, 4) is 0 Å². The molecule has 1 aromatic carbocycles. The Bertz CT molecular complexity index is 1130. The summed E-state index contributed by atoms with van der Waals surface area (Å²) in [6.07, 6.45) is 1.45. The van der Waals surface area contributed by atoms with Crippen LogP contribution >= 0.6 is 11.8 Å². The summed E-state index contributed by atoms with van der Waals surface area (Å²) < 4.78 is 41.6. The molecule has 0 fully saturated rings. The van der Waals surface area contributed by atoms with E-state index in [1.807, 2.05) is 0 Å². The van der Waals surface area contributed by atoms with Crippen LogP contribution in [0.1, 0.15) is 13.8 Å². The van der Waals surface area contributed by atoms with Crippen molar-refractivity contribution in [2.75, 3.05) is 24.2 Å². The Morgan fingerprint density at radius 3 is 2.66 bits per heavy atom. The standard InChI is InChI=1S/C18H20FN5O3S2/c1-3-23(4-2)29(26,27)15-8-9-16-21-22-18(24(16)11-15)28-12-17(25)20-14-7-5-6-13(19)10-14/h5-11H,3-4,12H2,1-2H3,(H,20,25). The summed E-state index contributed by atoms with van der Waals surface area (Å²) in [7, 11) is -3.63. The van der Waals surface area contributed by atoms with E-state index in [1.165, 1.54) is 39.2 Å². The number of sulfonamides is 1. The smallest absolute Gasteiger partial charge is 0.244 e. The molecular weight excluding hydrogens is 417 g/mol. The van der Waals surface area contributed by atoms with Gasteiger partial charge in [0.2, 0.25) is 15.9 Å². The zero-order valence-electron chi connectivity index (χ0n) is 15.9. The molecule has 3 aromatic rings. The van der Waals surface area contributed by atoms with E-state index in [9.17, 15) is 17.6 Å². The van der Waals surface area contributed by atoms with E-state index in [4.69, 9.17) is 0 Å². The number of fused-ring (bicyclic) bond motifs is 1. The molecule has 2 heterocycles. The third kappa shape index (κ3) is 4.74. The van der Waals surface area contributed by atoms with Crippen LogP contribution in [0, 0.1) is 5.82 Å². The molecule has 0 aliphatic carbocycles. The minimum Gasteiger partial charge on any atom is -0.325 e. The lowest BCUT2D eigenvalue weighted by Gasteiger charge is -2.18. The first-order valence-corrected chi connectivity index (χ1v) is 11.3. The highest BCUT2D eigenvalue weighted by Crippen LogP contribution is 2.21. The zero-order chi connectivity index (χ0) is 21.0. The molecule has 0 radical (unpaired) electrons. The predicted molar refractivity (Wildman–Crippen MR) is 109 cm³/mol. The number of rotatable bonds is 8. The number of anilines is 1. The van der Waals surface area contributed by atoms with Gasteiger partial charge < -0.3 is 5.32 Å². The fraction of sp³-hybridized carbons (Fsp3) is 0.278. The van der Waals surface area contributed by atoms with E-state index >= 15 is 0 Å². The summed E-state index contributed by atoms with van der Waals surface area (Å²) in [6, 6.07) is 8.66. The van der Waals surface area contributed by atoms with E-state index in [1.54, 1.807) is 26.0 Å². The van der Waals surface area contributed by atoms with Crippen LogP contribution in [-0.2, 0) is 14.8 Å². The summed E-state index contributed by atoms with van der Waals surface area (Å²) in [6.45, 7) is 4.27. The number of thioether (sulfide) groups is 1. The molecule has 0 aliphatic rings. The van der Waals surface area contributed by atoms with Crippen molar-refractivity contribution in [3.63, 3.8) is 0 Å². The number of halogens is 1. The van der Waals surface area contributed by atoms with E-state index in [2.05, 4.69) is 15.5 Å². The van der Waals surface area contributed by atoms with Gasteiger partial charge in [-0.05, 0) is 30.3 Å². The van der Waals surface area contributed by atoms with Gasteiger partial charge in [0.05, 0.1) is 10.6 Å². The number of nitrogens with one attached hydrogen (secondary N) is 1. The van der Waals surface area contributed by atoms with Crippen molar-refractivity contribution in [3.05, 3.63) is 48.4 Å². The Labute approximate surface area is 172 Å². The fourth-order valence-corrected chi connectivity index (χ4v) is 4.88. The molecule has 154 valence electrons. The Morgan fingerprint density at radius 1 is 1.21 bits per heavy atom. The molecule has 3 rings (SSSR count). The normalized spacial score (nSPS) is 11.9. The molecule has 0 aliphatic heterocycles. The highest BCUT2D eigenvalue weighted by Gasteiger charge is 2.23. The number of hydrogen-bond acceptors (Lipinski definition) is 6. The number of hydrogen-bond donors (Lipinski definition) is 1. The van der Waals surface area contributed by atoms with Crippen molar-refractivity contribution in [1.29, 1.82) is 0 Å². The van der Waals surface area contributed by atoms with Crippen LogP contribution in [0.5, 0.6) is 0 Å². The van der Waals surface area contributed by atoms with Crippen molar-refractivity contribution >= 4 is 39.0 Å². The van der Waals surface area contributed by atoms with Gasteiger partial charge in [0.15, 0.2) is 10.8 Å². The van der Waals surface area contributed by atoms with Gasteiger partial charge in [-0.3, -0.25) is 9.20 Å². The van der Waals surface area contributed by atoms with E-state index < -0.39 is 15.8 Å². The van der Waals surface area contributed by atoms with E-state index in [-0.39, 0.29) is 16.6 Å². The Morgan fingerprint density at radius 2 is 1.97 bits per heavy atom. The molecule has 1 amide bonds. The van der Waals surface area contributed by atoms with Gasteiger partial charge in [-0.25, -0.2) is 12.8 Å². The van der Waals surface area contributed by atoms with E-state index in [0.29, 0.717) is 29.6 Å². The SMILES string of the molecule is CCN(CC)S(=O)(=O)c1ccc2nnc(SCC(=O)Nc3cccc(F)c3)n2c1. The minimum atomic E-state index is -3.63. The molecule has 0 saturated heterocycles. The first-order chi connectivity index (χ1) is 13.8. The van der Waals surface area contributed by atoms with Gasteiger partial charge >= 0.3 is 0 Å². The van der Waals surface area contributed by atoms with Crippen molar-refractivity contribution in [2.24, 2.45) is 0 Å². The van der Waals surface area contributed by atoms with Gasteiger partial charge in [0, 0.05) is 25.0 Å². The molecule has 1 N–H and O–H groups in total. The number of amides is 1. The molecule has 0 bridgehead atoms. The van der Waals surface area contributed by atoms with Gasteiger partial charge in [-0.1, -0.05) is 31.7 Å². The Hall–Kier alpha value is -2.50. The highest BCUT2D eigenvalue weighted by molar-refractivity contribution is 7.99. The molecule has 29 heavy (non-hydrogen) atoms. The molecule has 8 nitrogen and oxygen atoms in total. The third-order valence-electron chi connectivity index (χ3n) is 4.13. The van der Waals surface area contributed by atoms with Gasteiger partial charge in [0.25, 0.3) is 0 Å². The Kier molecular flexibility index (Phi) is 6.50. The summed E-state index contributed by atoms with van der Waals surface area (Å²) in [5.74, 6) is -0.783. The van der Waals surface area contributed by atoms with Crippen LogP contribution < -0.4 is 5.32 Å². The van der Waals surface area contributed by atoms with Crippen LogP contribution in [0.15, 0.2) is 52.6 Å². The molecule has 0 saturated carbocycles. The average molecular weight is 438 g/mol. The summed E-state index contributed by atoms with van der Waals surface area (Å²) >= 11 is 1.10. The summed E-state index contributed by atoms with van der Waals surface area (Å²) in [5.41, 5.74) is 0.825. The first kappa shape index (κ1) is 21.2. The minimum absolute atomic E-state index is 0.00429. The molecule has 0 atom stereocenters. The largest absolute Gasteiger partial charge is 0.325 e. The molecule has 11 heteroatoms. The van der Waals surface area contributed by atoms with Crippen LogP contribution in [0.4, 0.5) is 10.1 Å².